The molecule has 0 saturated heterocycles. The Bertz CT molecular complexity index is 731. The van der Waals surface area contributed by atoms with Crippen LogP contribution in [0.2, 0.25) is 0 Å². The van der Waals surface area contributed by atoms with Gasteiger partial charge in [0, 0.05) is 12.7 Å². The molecule has 0 fully saturated rings. The van der Waals surface area contributed by atoms with Crippen molar-refractivity contribution in [1.82, 2.24) is 5.43 Å². The van der Waals surface area contributed by atoms with Crippen molar-refractivity contribution in [1.29, 1.82) is 0 Å². The number of nitrogens with zero attached hydrogens (tertiary/aromatic N) is 1. The first-order valence-corrected chi connectivity index (χ1v) is 7.59. The van der Waals surface area contributed by atoms with Gasteiger partial charge in [-0.15, -0.1) is 0 Å². The third-order valence-electron chi connectivity index (χ3n) is 3.55. The molecular formula is C18H18N2O4. The van der Waals surface area contributed by atoms with Gasteiger partial charge >= 0.3 is 0 Å². The summed E-state index contributed by atoms with van der Waals surface area (Å²) >= 11 is 0. The summed E-state index contributed by atoms with van der Waals surface area (Å²) in [7, 11) is 1.49. The summed E-state index contributed by atoms with van der Waals surface area (Å²) in [4.78, 5) is 12.2. The second-order valence-electron chi connectivity index (χ2n) is 5.13. The van der Waals surface area contributed by atoms with E-state index in [-0.39, 0.29) is 5.91 Å². The number of hydrazone groups is 1. The molecule has 1 atom stereocenters. The van der Waals surface area contributed by atoms with Gasteiger partial charge in [-0.05, 0) is 17.7 Å². The zero-order valence-electron chi connectivity index (χ0n) is 13.3. The van der Waals surface area contributed by atoms with Crippen LogP contribution in [0.5, 0.6) is 11.5 Å². The molecule has 1 aliphatic heterocycles. The lowest BCUT2D eigenvalue weighted by atomic mass is 10.1. The van der Waals surface area contributed by atoms with Crippen LogP contribution in [0.25, 0.3) is 0 Å². The molecule has 3 rings (SSSR count). The Labute approximate surface area is 140 Å². The Morgan fingerprint density at radius 1 is 1.17 bits per heavy atom. The minimum absolute atomic E-state index is 0.345. The number of fused-ring (bicyclic) bond motifs is 1. The number of methoxy groups -OCH3 is 1. The summed E-state index contributed by atoms with van der Waals surface area (Å²) in [6.45, 7) is 1.01. The molecule has 1 unspecified atom stereocenters. The molecule has 1 aliphatic rings. The SMILES string of the molecule is COC(C(=O)N/N=C/c1cccc2c1OCCO2)c1ccccc1. The lowest BCUT2D eigenvalue weighted by Crippen LogP contribution is -2.26. The van der Waals surface area contributed by atoms with Crippen molar-refractivity contribution in [3.8, 4) is 11.5 Å². The Hall–Kier alpha value is -2.86. The van der Waals surface area contributed by atoms with Gasteiger partial charge in [0.15, 0.2) is 17.6 Å². The maximum atomic E-state index is 12.2. The van der Waals surface area contributed by atoms with Gasteiger partial charge in [-0.3, -0.25) is 4.79 Å². The van der Waals surface area contributed by atoms with Gasteiger partial charge in [-0.25, -0.2) is 5.43 Å². The molecule has 0 spiro atoms. The van der Waals surface area contributed by atoms with Crippen LogP contribution in [0.15, 0.2) is 53.6 Å². The van der Waals surface area contributed by atoms with Gasteiger partial charge in [-0.2, -0.15) is 5.10 Å². The number of hydrogen-bond acceptors (Lipinski definition) is 5. The summed E-state index contributed by atoms with van der Waals surface area (Å²) in [5.74, 6) is 0.964. The van der Waals surface area contributed by atoms with E-state index in [0.29, 0.717) is 24.7 Å². The molecule has 0 aliphatic carbocycles. The number of benzene rings is 2. The monoisotopic (exact) mass is 326 g/mol. The van der Waals surface area contributed by atoms with Gasteiger partial charge in [0.1, 0.15) is 13.2 Å². The van der Waals surface area contributed by atoms with E-state index in [9.17, 15) is 4.79 Å². The Morgan fingerprint density at radius 2 is 1.96 bits per heavy atom. The highest BCUT2D eigenvalue weighted by atomic mass is 16.6. The third-order valence-corrected chi connectivity index (χ3v) is 3.55. The van der Waals surface area contributed by atoms with Crippen molar-refractivity contribution in [3.05, 3.63) is 59.7 Å². The minimum atomic E-state index is -0.715. The van der Waals surface area contributed by atoms with Crippen LogP contribution in [-0.2, 0) is 9.53 Å². The number of amides is 1. The van der Waals surface area contributed by atoms with E-state index in [4.69, 9.17) is 14.2 Å². The number of ether oxygens (including phenoxy) is 3. The van der Waals surface area contributed by atoms with Crippen molar-refractivity contribution in [2.75, 3.05) is 20.3 Å². The highest BCUT2D eigenvalue weighted by Gasteiger charge is 2.19. The largest absolute Gasteiger partial charge is 0.486 e. The molecular weight excluding hydrogens is 308 g/mol. The molecule has 0 saturated carbocycles. The van der Waals surface area contributed by atoms with E-state index in [1.807, 2.05) is 48.5 Å². The zero-order valence-corrected chi connectivity index (χ0v) is 13.3. The van der Waals surface area contributed by atoms with Crippen LogP contribution in [0.3, 0.4) is 0 Å². The summed E-state index contributed by atoms with van der Waals surface area (Å²) in [6.07, 6.45) is 0.816. The molecule has 24 heavy (non-hydrogen) atoms. The topological polar surface area (TPSA) is 69.2 Å². The summed E-state index contributed by atoms with van der Waals surface area (Å²) in [5, 5.41) is 4.00. The summed E-state index contributed by atoms with van der Waals surface area (Å²) < 4.78 is 16.4. The standard InChI is InChI=1S/C18H18N2O4/c1-22-17(13-6-3-2-4-7-13)18(21)20-19-12-14-8-5-9-15-16(14)24-11-10-23-15/h2-9,12,17H,10-11H2,1H3,(H,20,21)/b19-12+. The minimum Gasteiger partial charge on any atom is -0.486 e. The third kappa shape index (κ3) is 3.55. The number of carbonyl (C=O) groups excluding carboxylic acids is 1. The van der Waals surface area contributed by atoms with Gasteiger partial charge in [0.25, 0.3) is 5.91 Å². The van der Waals surface area contributed by atoms with Crippen molar-refractivity contribution < 1.29 is 19.0 Å². The molecule has 0 aromatic heterocycles. The highest BCUT2D eigenvalue weighted by molar-refractivity contribution is 5.87. The van der Waals surface area contributed by atoms with Crippen LogP contribution in [0.1, 0.15) is 17.2 Å². The smallest absolute Gasteiger partial charge is 0.273 e. The average Bonchev–Trinajstić information content (AvgIpc) is 2.63. The summed E-state index contributed by atoms with van der Waals surface area (Å²) in [5.41, 5.74) is 4.00. The quantitative estimate of drug-likeness (QED) is 0.676. The highest BCUT2D eigenvalue weighted by Crippen LogP contribution is 2.32. The first-order valence-electron chi connectivity index (χ1n) is 7.59. The number of rotatable bonds is 5. The normalized spacial score (nSPS) is 14.4. The molecule has 124 valence electrons. The zero-order chi connectivity index (χ0) is 16.8. The second kappa shape index (κ2) is 7.61. The van der Waals surface area contributed by atoms with E-state index in [1.54, 1.807) is 0 Å². The molecule has 0 radical (unpaired) electrons. The van der Waals surface area contributed by atoms with Crippen molar-refractivity contribution >= 4 is 12.1 Å². The van der Waals surface area contributed by atoms with E-state index in [0.717, 1.165) is 11.1 Å². The molecule has 1 N–H and O–H groups in total. The van der Waals surface area contributed by atoms with Crippen molar-refractivity contribution in [2.24, 2.45) is 5.10 Å². The van der Waals surface area contributed by atoms with Gasteiger partial charge in [-0.1, -0.05) is 36.4 Å². The van der Waals surface area contributed by atoms with Crippen LogP contribution in [0.4, 0.5) is 0 Å². The summed E-state index contributed by atoms with van der Waals surface area (Å²) in [6, 6.07) is 14.8. The fourth-order valence-corrected chi connectivity index (χ4v) is 2.44. The number of hydrogen-bond donors (Lipinski definition) is 1. The first kappa shape index (κ1) is 16.0. The van der Waals surface area contributed by atoms with Gasteiger partial charge in [0.2, 0.25) is 0 Å². The van der Waals surface area contributed by atoms with E-state index in [1.165, 1.54) is 13.3 Å². The number of carbonyl (C=O) groups is 1. The molecule has 0 bridgehead atoms. The molecule has 2 aromatic rings. The second-order valence-corrected chi connectivity index (χ2v) is 5.13. The van der Waals surface area contributed by atoms with Crippen LogP contribution >= 0.6 is 0 Å². The lowest BCUT2D eigenvalue weighted by Gasteiger charge is -2.19. The maximum Gasteiger partial charge on any atom is 0.273 e. The van der Waals surface area contributed by atoms with E-state index < -0.39 is 6.10 Å². The molecule has 1 amide bonds. The maximum absolute atomic E-state index is 12.2. The number of nitrogens with one attached hydrogen (secondary N) is 1. The molecule has 1 heterocycles. The van der Waals surface area contributed by atoms with E-state index in [2.05, 4.69) is 10.5 Å². The van der Waals surface area contributed by atoms with E-state index >= 15 is 0 Å². The predicted molar refractivity (Wildman–Crippen MR) is 89.4 cm³/mol. The van der Waals surface area contributed by atoms with Crippen LogP contribution < -0.4 is 14.9 Å². The Kier molecular flexibility index (Phi) is 5.08. The predicted octanol–water partition coefficient (Wildman–Crippen LogP) is 2.30. The fraction of sp³-hybridized carbons (Fsp3) is 0.222. The van der Waals surface area contributed by atoms with Crippen molar-refractivity contribution in [3.63, 3.8) is 0 Å². The van der Waals surface area contributed by atoms with Crippen LogP contribution in [-0.4, -0.2) is 32.4 Å². The van der Waals surface area contributed by atoms with Crippen LogP contribution in [0, 0.1) is 0 Å². The fourth-order valence-electron chi connectivity index (χ4n) is 2.44. The molecule has 6 heteroatoms. The molecule has 6 nitrogen and oxygen atoms in total. The van der Waals surface area contributed by atoms with Gasteiger partial charge < -0.3 is 14.2 Å². The Balaban J connectivity index is 1.69. The number of para-hydroxylation sites is 1. The molecule has 2 aromatic carbocycles. The average molecular weight is 326 g/mol. The van der Waals surface area contributed by atoms with Gasteiger partial charge in [0.05, 0.1) is 6.21 Å². The first-order chi connectivity index (χ1) is 11.8. The van der Waals surface area contributed by atoms with Crippen molar-refractivity contribution in [2.45, 2.75) is 6.10 Å². The lowest BCUT2D eigenvalue weighted by molar-refractivity contribution is -0.131. The Morgan fingerprint density at radius 3 is 2.75 bits per heavy atom.